The zero-order valence-corrected chi connectivity index (χ0v) is 18.2. The lowest BCUT2D eigenvalue weighted by molar-refractivity contribution is -0.145. The maximum absolute atomic E-state index is 12.1. The van der Waals surface area contributed by atoms with Crippen molar-refractivity contribution in [3.63, 3.8) is 0 Å². The predicted octanol–water partition coefficient (Wildman–Crippen LogP) is 2.89. The van der Waals surface area contributed by atoms with Gasteiger partial charge in [-0.05, 0) is 57.4 Å². The lowest BCUT2D eigenvalue weighted by Crippen LogP contribution is -2.44. The molecule has 1 rings (SSSR count). The summed E-state index contributed by atoms with van der Waals surface area (Å²) in [7, 11) is 1.24. The molecule has 9 heteroatoms. The van der Waals surface area contributed by atoms with Gasteiger partial charge in [0.25, 0.3) is 5.91 Å². The highest BCUT2D eigenvalue weighted by Gasteiger charge is 2.23. The van der Waals surface area contributed by atoms with Crippen molar-refractivity contribution in [2.45, 2.75) is 52.7 Å². The summed E-state index contributed by atoms with van der Waals surface area (Å²) in [5.41, 5.74) is 0.00794. The maximum Gasteiger partial charge on any atom is 0.412 e. The minimum Gasteiger partial charge on any atom is -0.467 e. The van der Waals surface area contributed by atoms with Crippen molar-refractivity contribution in [3.05, 3.63) is 29.8 Å². The van der Waals surface area contributed by atoms with Crippen LogP contribution in [0.25, 0.3) is 0 Å². The Morgan fingerprint density at radius 3 is 2.13 bits per heavy atom. The van der Waals surface area contributed by atoms with Crippen LogP contribution in [-0.2, 0) is 23.8 Å². The van der Waals surface area contributed by atoms with Crippen molar-refractivity contribution < 1.29 is 33.4 Å². The second kappa shape index (κ2) is 11.2. The van der Waals surface area contributed by atoms with Crippen LogP contribution >= 0.6 is 0 Å². The molecule has 0 spiro atoms. The average molecular weight is 422 g/mol. The van der Waals surface area contributed by atoms with Crippen molar-refractivity contribution in [2.75, 3.05) is 19.0 Å². The molecule has 166 valence electrons. The molecule has 0 aliphatic carbocycles. The molecule has 0 aromatic heterocycles. The van der Waals surface area contributed by atoms with E-state index >= 15 is 0 Å². The molecule has 30 heavy (non-hydrogen) atoms. The Balaban J connectivity index is 2.57. The SMILES string of the molecule is COC(=O)[C@@H](CC(C)C)NC(=O)COC(=O)c1ccc(NC(=O)OC(C)(C)C)cc1. The zero-order valence-electron chi connectivity index (χ0n) is 18.2. The lowest BCUT2D eigenvalue weighted by atomic mass is 10.0. The Labute approximate surface area is 176 Å². The summed E-state index contributed by atoms with van der Waals surface area (Å²) < 4.78 is 14.8. The molecule has 0 aliphatic rings. The van der Waals surface area contributed by atoms with Crippen LogP contribution in [0.2, 0.25) is 0 Å². The van der Waals surface area contributed by atoms with E-state index in [1.54, 1.807) is 20.8 Å². The first kappa shape index (κ1) is 24.9. The maximum atomic E-state index is 12.1. The largest absolute Gasteiger partial charge is 0.467 e. The van der Waals surface area contributed by atoms with Crippen LogP contribution in [0.4, 0.5) is 10.5 Å². The number of esters is 2. The van der Waals surface area contributed by atoms with E-state index in [1.165, 1.54) is 31.4 Å². The number of ether oxygens (including phenoxy) is 3. The number of amides is 2. The van der Waals surface area contributed by atoms with Crippen LogP contribution in [0.15, 0.2) is 24.3 Å². The van der Waals surface area contributed by atoms with Gasteiger partial charge < -0.3 is 19.5 Å². The average Bonchev–Trinajstić information content (AvgIpc) is 2.63. The highest BCUT2D eigenvalue weighted by molar-refractivity contribution is 5.93. The topological polar surface area (TPSA) is 120 Å². The van der Waals surface area contributed by atoms with Crippen LogP contribution in [0, 0.1) is 5.92 Å². The van der Waals surface area contributed by atoms with Crippen molar-refractivity contribution in [1.82, 2.24) is 5.32 Å². The Kier molecular flexibility index (Phi) is 9.29. The number of carbonyl (C=O) groups is 4. The number of rotatable bonds is 8. The molecule has 2 amide bonds. The van der Waals surface area contributed by atoms with Gasteiger partial charge >= 0.3 is 18.0 Å². The molecule has 1 aromatic carbocycles. The Bertz CT molecular complexity index is 752. The zero-order chi connectivity index (χ0) is 22.9. The van der Waals surface area contributed by atoms with E-state index in [-0.39, 0.29) is 11.5 Å². The Morgan fingerprint density at radius 1 is 1.03 bits per heavy atom. The van der Waals surface area contributed by atoms with Crippen molar-refractivity contribution in [1.29, 1.82) is 0 Å². The summed E-state index contributed by atoms with van der Waals surface area (Å²) in [6.45, 7) is 8.52. The quantitative estimate of drug-likeness (QED) is 0.488. The van der Waals surface area contributed by atoms with Gasteiger partial charge in [0.1, 0.15) is 11.6 Å². The first-order valence-corrected chi connectivity index (χ1v) is 9.55. The van der Waals surface area contributed by atoms with E-state index in [9.17, 15) is 19.2 Å². The lowest BCUT2D eigenvalue weighted by Gasteiger charge is -2.19. The normalized spacial score (nSPS) is 12.0. The fourth-order valence-corrected chi connectivity index (χ4v) is 2.39. The first-order chi connectivity index (χ1) is 13.9. The van der Waals surface area contributed by atoms with Crippen LogP contribution in [0.1, 0.15) is 51.4 Å². The Hall–Kier alpha value is -3.10. The molecule has 0 saturated carbocycles. The van der Waals surface area contributed by atoms with E-state index in [4.69, 9.17) is 9.47 Å². The van der Waals surface area contributed by atoms with E-state index < -0.39 is 42.2 Å². The smallest absolute Gasteiger partial charge is 0.412 e. The summed E-state index contributed by atoms with van der Waals surface area (Å²) in [5.74, 6) is -1.73. The third-order valence-electron chi connectivity index (χ3n) is 3.63. The molecular weight excluding hydrogens is 392 g/mol. The second-order valence-corrected chi connectivity index (χ2v) is 8.05. The van der Waals surface area contributed by atoms with E-state index in [1.807, 2.05) is 13.8 Å². The summed E-state index contributed by atoms with van der Waals surface area (Å²) in [6.07, 6.45) is -0.214. The number of hydrogen-bond donors (Lipinski definition) is 2. The number of methoxy groups -OCH3 is 1. The minimum absolute atomic E-state index is 0.157. The summed E-state index contributed by atoms with van der Waals surface area (Å²) in [6, 6.07) is 5.11. The third kappa shape index (κ3) is 9.40. The van der Waals surface area contributed by atoms with Gasteiger partial charge in [-0.15, -0.1) is 0 Å². The van der Waals surface area contributed by atoms with Gasteiger partial charge in [-0.1, -0.05) is 13.8 Å². The molecule has 0 bridgehead atoms. The molecule has 0 saturated heterocycles. The van der Waals surface area contributed by atoms with Gasteiger partial charge in [-0.2, -0.15) is 0 Å². The van der Waals surface area contributed by atoms with Crippen molar-refractivity contribution >= 4 is 29.6 Å². The number of nitrogens with one attached hydrogen (secondary N) is 2. The highest BCUT2D eigenvalue weighted by atomic mass is 16.6. The van der Waals surface area contributed by atoms with E-state index in [2.05, 4.69) is 15.4 Å². The van der Waals surface area contributed by atoms with Crippen LogP contribution in [0.3, 0.4) is 0 Å². The molecule has 0 unspecified atom stereocenters. The Morgan fingerprint density at radius 2 is 1.63 bits per heavy atom. The van der Waals surface area contributed by atoms with E-state index in [0.717, 1.165) is 0 Å². The standard InChI is InChI=1S/C21H30N2O7/c1-13(2)11-16(19(26)28-6)23-17(24)12-29-18(25)14-7-9-15(10-8-14)22-20(27)30-21(3,4)5/h7-10,13,16H,11-12H2,1-6H3,(H,22,27)(H,23,24)/t16-/m1/s1. The van der Waals surface area contributed by atoms with E-state index in [0.29, 0.717) is 12.1 Å². The molecule has 1 aromatic rings. The van der Waals surface area contributed by atoms with Gasteiger partial charge in [0.15, 0.2) is 6.61 Å². The number of anilines is 1. The molecule has 0 fully saturated rings. The molecule has 1 atom stereocenters. The molecule has 0 heterocycles. The van der Waals surface area contributed by atoms with Crippen molar-refractivity contribution in [3.8, 4) is 0 Å². The number of hydrogen-bond acceptors (Lipinski definition) is 7. The van der Waals surface area contributed by atoms with Gasteiger partial charge in [0.05, 0.1) is 12.7 Å². The predicted molar refractivity (Wildman–Crippen MR) is 110 cm³/mol. The van der Waals surface area contributed by atoms with Gasteiger partial charge in [0, 0.05) is 5.69 Å². The number of carbonyl (C=O) groups excluding carboxylic acids is 4. The summed E-state index contributed by atoms with van der Waals surface area (Å²) in [5, 5.41) is 5.05. The van der Waals surface area contributed by atoms with Gasteiger partial charge in [-0.3, -0.25) is 10.1 Å². The van der Waals surface area contributed by atoms with Crippen LogP contribution in [0.5, 0.6) is 0 Å². The molecular formula is C21H30N2O7. The van der Waals surface area contributed by atoms with Crippen LogP contribution in [-0.4, -0.2) is 49.3 Å². The fraction of sp³-hybridized carbons (Fsp3) is 0.524. The van der Waals surface area contributed by atoms with Crippen molar-refractivity contribution in [2.24, 2.45) is 5.92 Å². The first-order valence-electron chi connectivity index (χ1n) is 9.55. The molecule has 0 radical (unpaired) electrons. The third-order valence-corrected chi connectivity index (χ3v) is 3.63. The van der Waals surface area contributed by atoms with Crippen LogP contribution < -0.4 is 10.6 Å². The molecule has 9 nitrogen and oxygen atoms in total. The minimum atomic E-state index is -0.806. The second-order valence-electron chi connectivity index (χ2n) is 8.05. The van der Waals surface area contributed by atoms with Gasteiger partial charge in [0.2, 0.25) is 0 Å². The summed E-state index contributed by atoms with van der Waals surface area (Å²) in [4.78, 5) is 47.6. The number of benzene rings is 1. The fourth-order valence-electron chi connectivity index (χ4n) is 2.39. The van der Waals surface area contributed by atoms with Gasteiger partial charge in [-0.25, -0.2) is 14.4 Å². The molecule has 0 aliphatic heterocycles. The monoisotopic (exact) mass is 422 g/mol. The summed E-state index contributed by atoms with van der Waals surface area (Å²) >= 11 is 0. The molecule has 2 N–H and O–H groups in total. The highest BCUT2D eigenvalue weighted by Crippen LogP contribution is 2.13.